The predicted molar refractivity (Wildman–Crippen MR) is 64.4 cm³/mol. The van der Waals surface area contributed by atoms with Gasteiger partial charge in [0.05, 0.1) is 4.47 Å². The van der Waals surface area contributed by atoms with E-state index in [1.54, 1.807) is 12.1 Å². The minimum absolute atomic E-state index is 0.246. The molecule has 0 aliphatic carbocycles. The van der Waals surface area contributed by atoms with Gasteiger partial charge in [0.25, 0.3) is 0 Å². The number of aryl methyl sites for hydroxylation is 1. The summed E-state index contributed by atoms with van der Waals surface area (Å²) in [5.41, 5.74) is 0.801. The molecule has 0 amide bonds. The lowest BCUT2D eigenvalue weighted by atomic mass is 10.2. The number of aromatic hydroxyl groups is 1. The van der Waals surface area contributed by atoms with E-state index < -0.39 is 0 Å². The Kier molecular flexibility index (Phi) is 3.14. The van der Waals surface area contributed by atoms with Crippen molar-refractivity contribution in [2.24, 2.45) is 0 Å². The zero-order valence-corrected chi connectivity index (χ0v) is 10.3. The number of para-hydroxylation sites is 1. The van der Waals surface area contributed by atoms with Gasteiger partial charge in [-0.15, -0.1) is 0 Å². The van der Waals surface area contributed by atoms with Crippen LogP contribution in [0, 0.1) is 6.92 Å². The van der Waals surface area contributed by atoms with E-state index in [4.69, 9.17) is 4.52 Å². The highest BCUT2D eigenvalue weighted by molar-refractivity contribution is 9.10. The highest BCUT2D eigenvalue weighted by atomic mass is 79.9. The Morgan fingerprint density at radius 2 is 2.31 bits per heavy atom. The molecule has 0 aliphatic rings. The molecule has 0 saturated heterocycles. The van der Waals surface area contributed by atoms with Gasteiger partial charge in [-0.3, -0.25) is 0 Å². The summed E-state index contributed by atoms with van der Waals surface area (Å²) in [6.45, 7) is 2.33. The van der Waals surface area contributed by atoms with Crippen LogP contribution < -0.4 is 5.32 Å². The fraction of sp³-hybridized carbons (Fsp3) is 0.182. The summed E-state index contributed by atoms with van der Waals surface area (Å²) in [4.78, 5) is 0. The molecule has 84 valence electrons. The van der Waals surface area contributed by atoms with Crippen molar-refractivity contribution in [2.45, 2.75) is 13.5 Å². The topological polar surface area (TPSA) is 58.3 Å². The fourth-order valence-electron chi connectivity index (χ4n) is 1.34. The Hall–Kier alpha value is -1.49. The van der Waals surface area contributed by atoms with Gasteiger partial charge in [-0.2, -0.15) is 0 Å². The largest absolute Gasteiger partial charge is 0.506 e. The number of nitrogens with zero attached hydrogens (tertiary/aromatic N) is 1. The molecule has 1 heterocycles. The van der Waals surface area contributed by atoms with E-state index in [-0.39, 0.29) is 5.75 Å². The summed E-state index contributed by atoms with van der Waals surface area (Å²) in [5.74, 6) is 1.66. The summed E-state index contributed by atoms with van der Waals surface area (Å²) in [6.07, 6.45) is 0. The number of phenols is 1. The van der Waals surface area contributed by atoms with Gasteiger partial charge in [0.15, 0.2) is 5.82 Å². The van der Waals surface area contributed by atoms with Crippen LogP contribution in [0.1, 0.15) is 11.3 Å². The van der Waals surface area contributed by atoms with Crippen molar-refractivity contribution in [3.05, 3.63) is 40.1 Å². The number of phenolic OH excluding ortho intramolecular Hbond substituents is 1. The van der Waals surface area contributed by atoms with Gasteiger partial charge in [-0.05, 0) is 28.9 Å². The fourth-order valence-corrected chi connectivity index (χ4v) is 1.75. The lowest BCUT2D eigenvalue weighted by molar-refractivity contribution is 0.399. The van der Waals surface area contributed by atoms with E-state index in [0.29, 0.717) is 16.8 Å². The third-order valence-electron chi connectivity index (χ3n) is 2.16. The van der Waals surface area contributed by atoms with Gasteiger partial charge < -0.3 is 14.9 Å². The molecule has 0 radical (unpaired) electrons. The van der Waals surface area contributed by atoms with Crippen molar-refractivity contribution in [2.75, 3.05) is 5.32 Å². The Balaban J connectivity index is 2.07. The minimum Gasteiger partial charge on any atom is -0.506 e. The van der Waals surface area contributed by atoms with E-state index in [1.807, 2.05) is 19.1 Å². The standard InChI is InChI=1S/C11H11BrN2O2/c1-7-5-10(14-16-7)13-6-8-3-2-4-9(12)11(8)15/h2-5,15H,6H2,1H3,(H,13,14). The van der Waals surface area contributed by atoms with Gasteiger partial charge in [0.2, 0.25) is 0 Å². The monoisotopic (exact) mass is 282 g/mol. The molecule has 0 spiro atoms. The summed E-state index contributed by atoms with van der Waals surface area (Å²) in [6, 6.07) is 7.31. The molecule has 0 aliphatic heterocycles. The van der Waals surface area contributed by atoms with E-state index >= 15 is 0 Å². The van der Waals surface area contributed by atoms with E-state index in [2.05, 4.69) is 26.4 Å². The molecule has 0 unspecified atom stereocenters. The Morgan fingerprint density at radius 1 is 1.50 bits per heavy atom. The van der Waals surface area contributed by atoms with Crippen LogP contribution in [-0.2, 0) is 6.54 Å². The number of nitrogens with one attached hydrogen (secondary N) is 1. The first-order chi connectivity index (χ1) is 7.66. The average molecular weight is 283 g/mol. The van der Waals surface area contributed by atoms with Crippen LogP contribution >= 0.6 is 15.9 Å². The number of rotatable bonds is 3. The number of aromatic nitrogens is 1. The lowest BCUT2D eigenvalue weighted by Crippen LogP contribution is -1.99. The van der Waals surface area contributed by atoms with Gasteiger partial charge in [0.1, 0.15) is 11.5 Å². The maximum Gasteiger partial charge on any atom is 0.169 e. The Labute approximate surface area is 101 Å². The van der Waals surface area contributed by atoms with Crippen molar-refractivity contribution >= 4 is 21.7 Å². The number of halogens is 1. The van der Waals surface area contributed by atoms with Crippen LogP contribution in [0.3, 0.4) is 0 Å². The quantitative estimate of drug-likeness (QED) is 0.909. The molecular formula is C11H11BrN2O2. The van der Waals surface area contributed by atoms with E-state index in [1.165, 1.54) is 0 Å². The molecule has 5 heteroatoms. The average Bonchev–Trinajstić information content (AvgIpc) is 2.67. The molecule has 4 nitrogen and oxygen atoms in total. The Bertz CT molecular complexity index is 496. The lowest BCUT2D eigenvalue weighted by Gasteiger charge is -2.06. The smallest absolute Gasteiger partial charge is 0.169 e. The van der Waals surface area contributed by atoms with Crippen LogP contribution in [0.2, 0.25) is 0 Å². The predicted octanol–water partition coefficient (Wildman–Crippen LogP) is 3.06. The van der Waals surface area contributed by atoms with Crippen LogP contribution in [0.25, 0.3) is 0 Å². The van der Waals surface area contributed by atoms with Crippen LogP contribution in [0.15, 0.2) is 33.3 Å². The first kappa shape index (κ1) is 11.0. The van der Waals surface area contributed by atoms with Gasteiger partial charge in [0, 0.05) is 18.2 Å². The van der Waals surface area contributed by atoms with E-state index in [0.717, 1.165) is 11.3 Å². The molecule has 0 bridgehead atoms. The molecule has 0 fully saturated rings. The molecule has 0 atom stereocenters. The highest BCUT2D eigenvalue weighted by Crippen LogP contribution is 2.27. The number of anilines is 1. The zero-order chi connectivity index (χ0) is 11.5. The third kappa shape index (κ3) is 2.36. The van der Waals surface area contributed by atoms with E-state index in [9.17, 15) is 5.11 Å². The van der Waals surface area contributed by atoms with Crippen LogP contribution in [0.4, 0.5) is 5.82 Å². The summed E-state index contributed by atoms with van der Waals surface area (Å²) >= 11 is 3.26. The van der Waals surface area contributed by atoms with Gasteiger partial charge >= 0.3 is 0 Å². The van der Waals surface area contributed by atoms with Crippen molar-refractivity contribution in [1.29, 1.82) is 0 Å². The van der Waals surface area contributed by atoms with Crippen molar-refractivity contribution in [1.82, 2.24) is 5.16 Å². The van der Waals surface area contributed by atoms with Crippen molar-refractivity contribution in [3.8, 4) is 5.75 Å². The molecule has 1 aromatic carbocycles. The first-order valence-corrected chi connectivity index (χ1v) is 5.59. The summed E-state index contributed by atoms with van der Waals surface area (Å²) < 4.78 is 5.61. The molecule has 2 rings (SSSR count). The number of benzene rings is 1. The van der Waals surface area contributed by atoms with Crippen LogP contribution in [-0.4, -0.2) is 10.3 Å². The minimum atomic E-state index is 0.246. The molecule has 1 aromatic heterocycles. The summed E-state index contributed by atoms with van der Waals surface area (Å²) in [5, 5.41) is 16.6. The zero-order valence-electron chi connectivity index (χ0n) is 8.70. The second-order valence-corrected chi connectivity index (χ2v) is 4.28. The SMILES string of the molecule is Cc1cc(NCc2cccc(Br)c2O)no1. The summed E-state index contributed by atoms with van der Waals surface area (Å²) in [7, 11) is 0. The van der Waals surface area contributed by atoms with Crippen molar-refractivity contribution in [3.63, 3.8) is 0 Å². The van der Waals surface area contributed by atoms with Gasteiger partial charge in [-0.25, -0.2) is 0 Å². The molecule has 16 heavy (non-hydrogen) atoms. The number of hydrogen-bond donors (Lipinski definition) is 2. The van der Waals surface area contributed by atoms with Gasteiger partial charge in [-0.1, -0.05) is 17.3 Å². The third-order valence-corrected chi connectivity index (χ3v) is 2.80. The molecular weight excluding hydrogens is 272 g/mol. The Morgan fingerprint density at radius 3 is 3.00 bits per heavy atom. The second-order valence-electron chi connectivity index (χ2n) is 3.42. The molecule has 2 N–H and O–H groups in total. The highest BCUT2D eigenvalue weighted by Gasteiger charge is 2.05. The van der Waals surface area contributed by atoms with Crippen molar-refractivity contribution < 1.29 is 9.63 Å². The molecule has 2 aromatic rings. The first-order valence-electron chi connectivity index (χ1n) is 4.80. The normalized spacial score (nSPS) is 10.4. The molecule has 0 saturated carbocycles. The second kappa shape index (κ2) is 4.57. The maximum atomic E-state index is 9.75. The number of hydrogen-bond acceptors (Lipinski definition) is 4. The van der Waals surface area contributed by atoms with Crippen LogP contribution in [0.5, 0.6) is 5.75 Å². The maximum absolute atomic E-state index is 9.75.